The molecule has 3 rings (SSSR count). The Bertz CT molecular complexity index is 926. The summed E-state index contributed by atoms with van der Waals surface area (Å²) in [6.07, 6.45) is 0. The lowest BCUT2D eigenvalue weighted by molar-refractivity contribution is 0.0916. The fourth-order valence-electron chi connectivity index (χ4n) is 2.31. The van der Waals surface area contributed by atoms with E-state index in [1.165, 1.54) is 19.2 Å². The zero-order valence-corrected chi connectivity index (χ0v) is 14.2. The van der Waals surface area contributed by atoms with Gasteiger partial charge in [-0.15, -0.1) is 10.2 Å². The van der Waals surface area contributed by atoms with Crippen LogP contribution in [0.1, 0.15) is 16.2 Å². The van der Waals surface area contributed by atoms with Crippen molar-refractivity contribution >= 4 is 5.91 Å². The lowest BCUT2D eigenvalue weighted by Gasteiger charge is -2.09. The molecular formula is C18H16FN3O4. The molecule has 0 saturated carbocycles. The van der Waals surface area contributed by atoms with E-state index in [1.54, 1.807) is 37.4 Å². The largest absolute Gasteiger partial charge is 0.493 e. The van der Waals surface area contributed by atoms with Gasteiger partial charge in [0.1, 0.15) is 5.82 Å². The van der Waals surface area contributed by atoms with E-state index in [9.17, 15) is 9.18 Å². The van der Waals surface area contributed by atoms with E-state index in [-0.39, 0.29) is 23.9 Å². The maximum Gasteiger partial charge on any atom is 0.309 e. The van der Waals surface area contributed by atoms with E-state index in [4.69, 9.17) is 13.9 Å². The molecule has 1 heterocycles. The van der Waals surface area contributed by atoms with Crippen molar-refractivity contribution in [3.8, 4) is 23.0 Å². The minimum Gasteiger partial charge on any atom is -0.493 e. The standard InChI is InChI=1S/C18H16FN3O4/c1-24-14-8-7-11(9-15(14)25-2)10-20-16(23)18-22-21-17(26-18)12-5-3-4-6-13(12)19/h3-9H,10H2,1-2H3,(H,20,23). The van der Waals surface area contributed by atoms with Gasteiger partial charge in [0.2, 0.25) is 0 Å². The molecule has 1 aromatic heterocycles. The number of carbonyl (C=O) groups excluding carboxylic acids is 1. The number of benzene rings is 2. The third-order valence-electron chi connectivity index (χ3n) is 3.62. The van der Waals surface area contributed by atoms with Crippen molar-refractivity contribution in [2.24, 2.45) is 0 Å². The van der Waals surface area contributed by atoms with Gasteiger partial charge in [0, 0.05) is 6.54 Å². The van der Waals surface area contributed by atoms with Crippen LogP contribution in [0.2, 0.25) is 0 Å². The van der Waals surface area contributed by atoms with Gasteiger partial charge in [-0.2, -0.15) is 0 Å². The molecule has 0 radical (unpaired) electrons. The fourth-order valence-corrected chi connectivity index (χ4v) is 2.31. The summed E-state index contributed by atoms with van der Waals surface area (Å²) in [5, 5.41) is 10.0. The van der Waals surface area contributed by atoms with Crippen molar-refractivity contribution in [1.82, 2.24) is 15.5 Å². The van der Waals surface area contributed by atoms with Crippen molar-refractivity contribution < 1.29 is 23.1 Å². The molecule has 0 aliphatic rings. The summed E-state index contributed by atoms with van der Waals surface area (Å²) in [5.41, 5.74) is 0.934. The van der Waals surface area contributed by atoms with Crippen LogP contribution in [0.4, 0.5) is 4.39 Å². The molecule has 26 heavy (non-hydrogen) atoms. The highest BCUT2D eigenvalue weighted by molar-refractivity contribution is 5.89. The number of carbonyl (C=O) groups is 1. The van der Waals surface area contributed by atoms with Crippen molar-refractivity contribution in [2.75, 3.05) is 14.2 Å². The van der Waals surface area contributed by atoms with E-state index in [0.717, 1.165) is 5.56 Å². The highest BCUT2D eigenvalue weighted by atomic mass is 19.1. The molecule has 1 amide bonds. The molecule has 0 unspecified atom stereocenters. The van der Waals surface area contributed by atoms with Crippen LogP contribution in [0, 0.1) is 5.82 Å². The molecule has 0 aliphatic carbocycles. The first-order chi connectivity index (χ1) is 12.6. The number of rotatable bonds is 6. The second-order valence-electron chi connectivity index (χ2n) is 5.26. The molecule has 0 atom stereocenters. The minimum absolute atomic E-state index is 0.0561. The molecule has 1 N–H and O–H groups in total. The Morgan fingerprint density at radius 1 is 1.12 bits per heavy atom. The average Bonchev–Trinajstić information content (AvgIpc) is 3.16. The third kappa shape index (κ3) is 3.64. The lowest BCUT2D eigenvalue weighted by atomic mass is 10.2. The highest BCUT2D eigenvalue weighted by Gasteiger charge is 2.17. The van der Waals surface area contributed by atoms with E-state index in [1.807, 2.05) is 0 Å². The van der Waals surface area contributed by atoms with E-state index < -0.39 is 11.7 Å². The third-order valence-corrected chi connectivity index (χ3v) is 3.62. The fraction of sp³-hybridized carbons (Fsp3) is 0.167. The van der Waals surface area contributed by atoms with Crippen molar-refractivity contribution in [3.63, 3.8) is 0 Å². The normalized spacial score (nSPS) is 10.4. The van der Waals surface area contributed by atoms with Gasteiger partial charge in [0.25, 0.3) is 5.89 Å². The molecule has 0 fully saturated rings. The molecule has 0 saturated heterocycles. The van der Waals surface area contributed by atoms with Crippen LogP contribution in [-0.4, -0.2) is 30.3 Å². The smallest absolute Gasteiger partial charge is 0.309 e. The van der Waals surface area contributed by atoms with E-state index in [0.29, 0.717) is 11.5 Å². The van der Waals surface area contributed by atoms with Gasteiger partial charge in [0.15, 0.2) is 11.5 Å². The number of amides is 1. The summed E-state index contributed by atoms with van der Waals surface area (Å²) in [4.78, 5) is 12.2. The predicted molar refractivity (Wildman–Crippen MR) is 90.4 cm³/mol. The van der Waals surface area contributed by atoms with Gasteiger partial charge in [-0.25, -0.2) is 4.39 Å². The quantitative estimate of drug-likeness (QED) is 0.730. The molecule has 7 nitrogen and oxygen atoms in total. The summed E-state index contributed by atoms with van der Waals surface area (Å²) in [6, 6.07) is 11.2. The number of aromatic nitrogens is 2. The Morgan fingerprint density at radius 2 is 1.88 bits per heavy atom. The summed E-state index contributed by atoms with van der Waals surface area (Å²) in [6.45, 7) is 0.219. The summed E-state index contributed by atoms with van der Waals surface area (Å²) >= 11 is 0. The predicted octanol–water partition coefficient (Wildman–Crippen LogP) is 2.82. The van der Waals surface area contributed by atoms with Crippen LogP contribution in [0.5, 0.6) is 11.5 Å². The van der Waals surface area contributed by atoms with Gasteiger partial charge in [-0.1, -0.05) is 18.2 Å². The lowest BCUT2D eigenvalue weighted by Crippen LogP contribution is -2.23. The van der Waals surface area contributed by atoms with Crippen LogP contribution in [-0.2, 0) is 6.54 Å². The zero-order valence-electron chi connectivity index (χ0n) is 14.2. The van der Waals surface area contributed by atoms with Crippen LogP contribution < -0.4 is 14.8 Å². The first kappa shape index (κ1) is 17.4. The number of nitrogens with zero attached hydrogens (tertiary/aromatic N) is 2. The second-order valence-corrected chi connectivity index (χ2v) is 5.26. The van der Waals surface area contributed by atoms with Crippen LogP contribution in [0.3, 0.4) is 0 Å². The second kappa shape index (κ2) is 7.64. The molecule has 134 valence electrons. The van der Waals surface area contributed by atoms with Crippen molar-refractivity contribution in [3.05, 3.63) is 59.7 Å². The Hall–Kier alpha value is -3.42. The summed E-state index contributed by atoms with van der Waals surface area (Å²) in [5.74, 6) is -0.223. The number of nitrogens with one attached hydrogen (secondary N) is 1. The first-order valence-corrected chi connectivity index (χ1v) is 7.70. The summed E-state index contributed by atoms with van der Waals surface area (Å²) in [7, 11) is 3.07. The van der Waals surface area contributed by atoms with Crippen LogP contribution in [0.15, 0.2) is 46.9 Å². The van der Waals surface area contributed by atoms with Crippen LogP contribution >= 0.6 is 0 Å². The van der Waals surface area contributed by atoms with Crippen molar-refractivity contribution in [2.45, 2.75) is 6.54 Å². The number of ether oxygens (including phenoxy) is 2. The first-order valence-electron chi connectivity index (χ1n) is 7.70. The van der Waals surface area contributed by atoms with E-state index >= 15 is 0 Å². The average molecular weight is 357 g/mol. The number of hydrogen-bond donors (Lipinski definition) is 1. The van der Waals surface area contributed by atoms with Crippen LogP contribution in [0.25, 0.3) is 11.5 Å². The molecule has 8 heteroatoms. The number of methoxy groups -OCH3 is 2. The van der Waals surface area contributed by atoms with Gasteiger partial charge in [0.05, 0.1) is 19.8 Å². The molecular weight excluding hydrogens is 341 g/mol. The number of hydrogen-bond acceptors (Lipinski definition) is 6. The maximum absolute atomic E-state index is 13.7. The van der Waals surface area contributed by atoms with Gasteiger partial charge < -0.3 is 19.2 Å². The molecule has 0 spiro atoms. The van der Waals surface area contributed by atoms with Gasteiger partial charge in [-0.05, 0) is 29.8 Å². The Morgan fingerprint density at radius 3 is 2.62 bits per heavy atom. The van der Waals surface area contributed by atoms with E-state index in [2.05, 4.69) is 15.5 Å². The maximum atomic E-state index is 13.7. The minimum atomic E-state index is -0.560. The molecule has 0 bridgehead atoms. The topological polar surface area (TPSA) is 86.5 Å². The molecule has 3 aromatic rings. The van der Waals surface area contributed by atoms with Crippen molar-refractivity contribution in [1.29, 1.82) is 0 Å². The number of halogens is 1. The summed E-state index contributed by atoms with van der Waals surface area (Å²) < 4.78 is 29.4. The van der Waals surface area contributed by atoms with Gasteiger partial charge >= 0.3 is 11.8 Å². The Balaban J connectivity index is 1.69. The highest BCUT2D eigenvalue weighted by Crippen LogP contribution is 2.27. The SMILES string of the molecule is COc1ccc(CNC(=O)c2nnc(-c3ccccc3F)o2)cc1OC. The monoisotopic (exact) mass is 357 g/mol. The van der Waals surface area contributed by atoms with Gasteiger partial charge in [-0.3, -0.25) is 4.79 Å². The molecule has 2 aromatic carbocycles. The Labute approximate surface area is 148 Å². The zero-order chi connectivity index (χ0) is 18.5. The molecule has 0 aliphatic heterocycles. The Kier molecular flexibility index (Phi) is 5.12.